The van der Waals surface area contributed by atoms with Gasteiger partial charge in [-0.15, -0.1) is 0 Å². The molecule has 0 saturated carbocycles. The van der Waals surface area contributed by atoms with E-state index in [1.807, 2.05) is 37.3 Å². The zero-order chi connectivity index (χ0) is 21.7. The first-order valence-electron chi connectivity index (χ1n) is 10.3. The van der Waals surface area contributed by atoms with E-state index in [1.165, 1.54) is 0 Å². The van der Waals surface area contributed by atoms with Crippen LogP contribution in [0.25, 0.3) is 0 Å². The number of allylic oxidation sites excluding steroid dienone is 2. The highest BCUT2D eigenvalue weighted by molar-refractivity contribution is 6.12. The Morgan fingerprint density at radius 3 is 2.57 bits per heavy atom. The smallest absolute Gasteiger partial charge is 0.243 e. The van der Waals surface area contributed by atoms with Crippen molar-refractivity contribution in [3.63, 3.8) is 0 Å². The van der Waals surface area contributed by atoms with Crippen LogP contribution in [-0.4, -0.2) is 12.5 Å². The van der Waals surface area contributed by atoms with E-state index in [4.69, 9.17) is 5.73 Å². The summed E-state index contributed by atoms with van der Waals surface area (Å²) in [7, 11) is 0. The van der Waals surface area contributed by atoms with Crippen LogP contribution in [0.4, 0.5) is 5.69 Å². The molecule has 0 bridgehead atoms. The van der Waals surface area contributed by atoms with E-state index in [2.05, 4.69) is 25.1 Å². The molecule has 150 valence electrons. The summed E-state index contributed by atoms with van der Waals surface area (Å²) in [6, 6.07) is 13.9. The normalized spacial score (nSPS) is 28.8. The number of rotatable bonds is 2. The predicted octanol–water partition coefficient (Wildman–Crippen LogP) is 3.44. The first kappa shape index (κ1) is 19.7. The van der Waals surface area contributed by atoms with Crippen molar-refractivity contribution in [1.82, 2.24) is 0 Å². The van der Waals surface area contributed by atoms with Gasteiger partial charge < -0.3 is 10.6 Å². The lowest BCUT2D eigenvalue weighted by Crippen LogP contribution is -2.55. The van der Waals surface area contributed by atoms with Crippen LogP contribution in [-0.2, 0) is 10.2 Å². The Morgan fingerprint density at radius 2 is 1.93 bits per heavy atom. The van der Waals surface area contributed by atoms with Gasteiger partial charge in [0.25, 0.3) is 0 Å². The molecule has 2 N–H and O–H groups in total. The summed E-state index contributed by atoms with van der Waals surface area (Å²) >= 11 is 0. The molecule has 0 unspecified atom stereocenters. The van der Waals surface area contributed by atoms with Crippen LogP contribution >= 0.6 is 0 Å². The number of carbonyl (C=O) groups excluding carboxylic acids is 1. The van der Waals surface area contributed by atoms with Gasteiger partial charge in [-0.1, -0.05) is 38.1 Å². The molecule has 3 aliphatic rings. The quantitative estimate of drug-likeness (QED) is 0.767. The fourth-order valence-corrected chi connectivity index (χ4v) is 5.58. The highest BCUT2D eigenvalue weighted by Gasteiger charge is 2.66. The molecule has 1 heterocycles. The summed E-state index contributed by atoms with van der Waals surface area (Å²) in [6.07, 6.45) is 3.99. The van der Waals surface area contributed by atoms with Crippen molar-refractivity contribution >= 4 is 11.6 Å². The van der Waals surface area contributed by atoms with E-state index in [-0.39, 0.29) is 23.1 Å². The number of anilines is 1. The number of amides is 1. The Hall–Kier alpha value is -3.56. The third-order valence-corrected chi connectivity index (χ3v) is 6.87. The average molecular weight is 397 g/mol. The van der Waals surface area contributed by atoms with Crippen molar-refractivity contribution in [3.05, 3.63) is 52.7 Å². The van der Waals surface area contributed by atoms with Gasteiger partial charge in [0.05, 0.1) is 29.5 Å². The summed E-state index contributed by atoms with van der Waals surface area (Å²) in [4.78, 5) is 15.8. The van der Waals surface area contributed by atoms with E-state index in [9.17, 15) is 20.6 Å². The van der Waals surface area contributed by atoms with Gasteiger partial charge in [-0.05, 0) is 42.4 Å². The summed E-state index contributed by atoms with van der Waals surface area (Å²) in [6.45, 7) is 4.62. The second-order valence-electron chi connectivity index (χ2n) is 8.44. The number of carbonyl (C=O) groups is 1. The topological polar surface area (TPSA) is 118 Å². The van der Waals surface area contributed by atoms with Gasteiger partial charge in [-0.3, -0.25) is 4.79 Å². The minimum absolute atomic E-state index is 0.0536. The highest BCUT2D eigenvalue weighted by Crippen LogP contribution is 2.62. The summed E-state index contributed by atoms with van der Waals surface area (Å²) < 4.78 is 0. The van der Waals surface area contributed by atoms with Crippen LogP contribution in [0.5, 0.6) is 0 Å². The summed E-state index contributed by atoms with van der Waals surface area (Å²) in [5.74, 6) is -0.386. The lowest BCUT2D eigenvalue weighted by Gasteiger charge is -2.48. The van der Waals surface area contributed by atoms with Crippen molar-refractivity contribution in [1.29, 1.82) is 15.8 Å². The van der Waals surface area contributed by atoms with E-state index in [0.717, 1.165) is 17.7 Å². The number of hydrogen-bond donors (Lipinski definition) is 1. The molecule has 1 aliphatic heterocycles. The number of hydrogen-bond acceptors (Lipinski definition) is 5. The van der Waals surface area contributed by atoms with E-state index in [1.54, 1.807) is 4.90 Å². The number of fused-ring (bicyclic) bond motifs is 4. The van der Waals surface area contributed by atoms with Gasteiger partial charge in [0.1, 0.15) is 5.41 Å². The van der Waals surface area contributed by atoms with E-state index >= 15 is 0 Å². The van der Waals surface area contributed by atoms with Crippen molar-refractivity contribution in [2.75, 3.05) is 11.4 Å². The third-order valence-electron chi connectivity index (χ3n) is 6.87. The maximum Gasteiger partial charge on any atom is 0.243 e. The molecule has 1 aromatic carbocycles. The summed E-state index contributed by atoms with van der Waals surface area (Å²) in [5.41, 5.74) is 5.47. The zero-order valence-electron chi connectivity index (χ0n) is 17.1. The van der Waals surface area contributed by atoms with Crippen LogP contribution in [0.15, 0.2) is 47.2 Å². The zero-order valence-corrected chi connectivity index (χ0v) is 17.1. The maximum absolute atomic E-state index is 14.1. The molecule has 0 radical (unpaired) electrons. The summed E-state index contributed by atoms with van der Waals surface area (Å²) in [5, 5.41) is 30.3. The largest absolute Gasteiger partial charge is 0.399 e. The Morgan fingerprint density at radius 1 is 1.23 bits per heavy atom. The van der Waals surface area contributed by atoms with Gasteiger partial charge in [0, 0.05) is 18.2 Å². The van der Waals surface area contributed by atoms with Gasteiger partial charge in [-0.2, -0.15) is 15.8 Å². The molecule has 0 fully saturated rings. The molecule has 1 aromatic rings. The van der Waals surface area contributed by atoms with Crippen molar-refractivity contribution < 1.29 is 4.79 Å². The number of nitriles is 3. The molecule has 0 saturated heterocycles. The van der Waals surface area contributed by atoms with Gasteiger partial charge in [-0.25, -0.2) is 0 Å². The molecule has 3 atom stereocenters. The molecule has 30 heavy (non-hydrogen) atoms. The minimum atomic E-state index is -1.71. The SMILES string of the molecule is CCCN1C(=O)[C@]2(C(C#N)=C(N)C(C#N)(C#N)C3=CC[C@H](C)C[C@H]32)c2ccccc21. The maximum atomic E-state index is 14.1. The van der Waals surface area contributed by atoms with Gasteiger partial charge in [0.15, 0.2) is 0 Å². The molecular formula is C24H23N5O. The van der Waals surface area contributed by atoms with E-state index < -0.39 is 16.7 Å². The number of nitrogens with zero attached hydrogens (tertiary/aromatic N) is 4. The Balaban J connectivity index is 2.16. The fourth-order valence-electron chi connectivity index (χ4n) is 5.58. The molecule has 2 aliphatic carbocycles. The molecule has 0 aromatic heterocycles. The number of para-hydroxylation sites is 1. The molecule has 1 spiro atoms. The standard InChI is InChI=1S/C24H23N5O/c1-3-10-29-20-7-5-4-6-17(20)24(22(29)30)18-11-15(2)8-9-16(18)23(13-26,14-27)21(28)19(24)12-25/h4-7,9,15,18H,3,8,10-11,28H2,1-2H3/t15-,18+,24+/m0/s1. The Labute approximate surface area is 176 Å². The third kappa shape index (κ3) is 2.13. The second-order valence-corrected chi connectivity index (χ2v) is 8.44. The average Bonchev–Trinajstić information content (AvgIpc) is 3.00. The molecule has 1 amide bonds. The van der Waals surface area contributed by atoms with Crippen molar-refractivity contribution in [3.8, 4) is 18.2 Å². The first-order valence-corrected chi connectivity index (χ1v) is 10.3. The molecule has 6 nitrogen and oxygen atoms in total. The second kappa shape index (κ2) is 6.75. The van der Waals surface area contributed by atoms with E-state index in [0.29, 0.717) is 25.0 Å². The van der Waals surface area contributed by atoms with Crippen LogP contribution in [0.3, 0.4) is 0 Å². The number of benzene rings is 1. The lowest BCUT2D eigenvalue weighted by molar-refractivity contribution is -0.123. The highest BCUT2D eigenvalue weighted by atomic mass is 16.2. The minimum Gasteiger partial charge on any atom is -0.399 e. The van der Waals surface area contributed by atoms with Crippen LogP contribution < -0.4 is 10.6 Å². The molecule has 4 rings (SSSR count). The fraction of sp³-hybridized carbons (Fsp3) is 0.417. The number of nitrogens with two attached hydrogens (primary N) is 1. The van der Waals surface area contributed by atoms with Crippen molar-refractivity contribution in [2.45, 2.75) is 38.5 Å². The van der Waals surface area contributed by atoms with Crippen LogP contribution in [0, 0.1) is 51.2 Å². The lowest BCUT2D eigenvalue weighted by atomic mass is 9.50. The first-order chi connectivity index (χ1) is 14.4. The monoisotopic (exact) mass is 397 g/mol. The Bertz CT molecular complexity index is 1110. The van der Waals surface area contributed by atoms with Gasteiger partial charge in [0.2, 0.25) is 11.3 Å². The van der Waals surface area contributed by atoms with Crippen molar-refractivity contribution in [2.24, 2.45) is 23.0 Å². The van der Waals surface area contributed by atoms with Gasteiger partial charge >= 0.3 is 0 Å². The predicted molar refractivity (Wildman–Crippen MR) is 111 cm³/mol. The molecular weight excluding hydrogens is 374 g/mol. The van der Waals surface area contributed by atoms with Crippen LogP contribution in [0.1, 0.15) is 38.7 Å². The Kier molecular flexibility index (Phi) is 4.44. The van der Waals surface area contributed by atoms with Crippen LogP contribution in [0.2, 0.25) is 0 Å². The molecule has 6 heteroatoms.